The summed E-state index contributed by atoms with van der Waals surface area (Å²) in [6.07, 6.45) is 0.734. The van der Waals surface area contributed by atoms with E-state index in [9.17, 15) is 0 Å². The Bertz CT molecular complexity index is 571. The van der Waals surface area contributed by atoms with Crippen LogP contribution in [0.5, 0.6) is 0 Å². The number of aryl methyl sites for hydroxylation is 1. The second-order valence-corrected chi connectivity index (χ2v) is 6.07. The molecule has 0 radical (unpaired) electrons. The molecule has 3 N–H and O–H groups in total. The fraction of sp³-hybridized carbons (Fsp3) is 0.533. The molecular weight excluding hydrogens is 252 g/mol. The molecule has 0 bridgehead atoms. The summed E-state index contributed by atoms with van der Waals surface area (Å²) in [5.74, 6) is 6.63. The van der Waals surface area contributed by atoms with Gasteiger partial charge in [-0.05, 0) is 32.9 Å². The topological polar surface area (TPSA) is 65.1 Å². The van der Waals surface area contributed by atoms with Gasteiger partial charge >= 0.3 is 0 Å². The number of aromatic nitrogens is 2. The minimum atomic E-state index is -0.165. The second-order valence-electron chi connectivity index (χ2n) is 6.07. The SMILES string of the molecule is Cn1c(CC(COC(C)(C)C)NN)nc2ccccc21. The lowest BCUT2D eigenvalue weighted by Crippen LogP contribution is -2.42. The molecule has 0 aliphatic rings. The molecule has 1 heterocycles. The van der Waals surface area contributed by atoms with Gasteiger partial charge in [0.25, 0.3) is 0 Å². The van der Waals surface area contributed by atoms with E-state index in [1.54, 1.807) is 0 Å². The molecule has 0 aliphatic carbocycles. The van der Waals surface area contributed by atoms with E-state index in [1.807, 2.05) is 46.0 Å². The molecule has 2 rings (SSSR count). The first-order valence-electron chi connectivity index (χ1n) is 6.91. The third-order valence-corrected chi connectivity index (χ3v) is 3.26. The zero-order valence-electron chi connectivity index (χ0n) is 12.7. The first kappa shape index (κ1) is 15.0. The molecular formula is C15H24N4O. The van der Waals surface area contributed by atoms with Crippen molar-refractivity contribution >= 4 is 11.0 Å². The Labute approximate surface area is 120 Å². The van der Waals surface area contributed by atoms with E-state index >= 15 is 0 Å². The normalized spacial score (nSPS) is 13.8. The highest BCUT2D eigenvalue weighted by Gasteiger charge is 2.17. The number of fused-ring (bicyclic) bond motifs is 1. The lowest BCUT2D eigenvalue weighted by atomic mass is 10.1. The highest BCUT2D eigenvalue weighted by Crippen LogP contribution is 2.16. The molecule has 20 heavy (non-hydrogen) atoms. The molecule has 5 nitrogen and oxygen atoms in total. The van der Waals surface area contributed by atoms with Crippen LogP contribution in [0.2, 0.25) is 0 Å². The smallest absolute Gasteiger partial charge is 0.111 e. The maximum Gasteiger partial charge on any atom is 0.111 e. The van der Waals surface area contributed by atoms with E-state index in [-0.39, 0.29) is 11.6 Å². The number of hydrazine groups is 1. The summed E-state index contributed by atoms with van der Waals surface area (Å²) in [4.78, 5) is 4.66. The van der Waals surface area contributed by atoms with Gasteiger partial charge in [-0.15, -0.1) is 0 Å². The summed E-state index contributed by atoms with van der Waals surface area (Å²) < 4.78 is 7.90. The van der Waals surface area contributed by atoms with Gasteiger partial charge in [0.2, 0.25) is 0 Å². The molecule has 0 saturated heterocycles. The maximum atomic E-state index is 5.79. The maximum absolute atomic E-state index is 5.79. The molecule has 0 aliphatic heterocycles. The quantitative estimate of drug-likeness (QED) is 0.645. The van der Waals surface area contributed by atoms with Crippen LogP contribution in [0.15, 0.2) is 24.3 Å². The van der Waals surface area contributed by atoms with Gasteiger partial charge in [0.05, 0.1) is 29.3 Å². The van der Waals surface area contributed by atoms with E-state index in [0.29, 0.717) is 6.61 Å². The zero-order valence-corrected chi connectivity index (χ0v) is 12.7. The Morgan fingerprint density at radius 3 is 2.65 bits per heavy atom. The van der Waals surface area contributed by atoms with Gasteiger partial charge in [-0.2, -0.15) is 0 Å². The van der Waals surface area contributed by atoms with E-state index in [0.717, 1.165) is 23.3 Å². The molecule has 0 amide bonds. The fourth-order valence-corrected chi connectivity index (χ4v) is 2.11. The van der Waals surface area contributed by atoms with E-state index in [2.05, 4.69) is 21.0 Å². The summed E-state index contributed by atoms with van der Waals surface area (Å²) in [5, 5.41) is 0. The number of nitrogens with one attached hydrogen (secondary N) is 1. The van der Waals surface area contributed by atoms with Crippen LogP contribution in [0.3, 0.4) is 0 Å². The van der Waals surface area contributed by atoms with Gasteiger partial charge in [-0.1, -0.05) is 12.1 Å². The van der Waals surface area contributed by atoms with E-state index in [4.69, 9.17) is 10.6 Å². The molecule has 0 fully saturated rings. The van der Waals surface area contributed by atoms with Crippen LogP contribution < -0.4 is 11.3 Å². The van der Waals surface area contributed by atoms with Crippen molar-refractivity contribution in [2.75, 3.05) is 6.61 Å². The molecule has 110 valence electrons. The summed E-state index contributed by atoms with van der Waals surface area (Å²) in [6.45, 7) is 6.67. The van der Waals surface area contributed by atoms with Crippen LogP contribution in [0.4, 0.5) is 0 Å². The number of benzene rings is 1. The number of hydrogen-bond donors (Lipinski definition) is 2. The minimum absolute atomic E-state index is 0.0461. The molecule has 2 aromatic rings. The summed E-state index contributed by atoms with van der Waals surface area (Å²) in [7, 11) is 2.03. The minimum Gasteiger partial charge on any atom is -0.374 e. The third kappa shape index (κ3) is 3.56. The highest BCUT2D eigenvalue weighted by atomic mass is 16.5. The van der Waals surface area contributed by atoms with Crippen molar-refractivity contribution in [3.05, 3.63) is 30.1 Å². The molecule has 1 unspecified atom stereocenters. The zero-order chi connectivity index (χ0) is 14.8. The monoisotopic (exact) mass is 276 g/mol. The summed E-state index contributed by atoms with van der Waals surface area (Å²) in [6, 6.07) is 8.16. The van der Waals surface area contributed by atoms with Crippen LogP contribution in [0.25, 0.3) is 11.0 Å². The molecule has 1 atom stereocenters. The predicted molar refractivity (Wildman–Crippen MR) is 81.2 cm³/mol. The number of imidazole rings is 1. The van der Waals surface area contributed by atoms with Crippen LogP contribution >= 0.6 is 0 Å². The molecule has 0 spiro atoms. The Morgan fingerprint density at radius 1 is 1.35 bits per heavy atom. The number of nitrogens with two attached hydrogens (primary N) is 1. The van der Waals surface area contributed by atoms with Gasteiger partial charge in [0.1, 0.15) is 5.82 Å². The van der Waals surface area contributed by atoms with Crippen molar-refractivity contribution in [3.8, 4) is 0 Å². The molecule has 1 aromatic carbocycles. The van der Waals surface area contributed by atoms with E-state index < -0.39 is 0 Å². The third-order valence-electron chi connectivity index (χ3n) is 3.26. The van der Waals surface area contributed by atoms with Crippen molar-refractivity contribution in [1.29, 1.82) is 0 Å². The van der Waals surface area contributed by atoms with Crippen molar-refractivity contribution in [3.63, 3.8) is 0 Å². The Balaban J connectivity index is 2.11. The van der Waals surface area contributed by atoms with Gasteiger partial charge in [-0.3, -0.25) is 11.3 Å². The number of hydrogen-bond acceptors (Lipinski definition) is 4. The first-order valence-corrected chi connectivity index (χ1v) is 6.91. The van der Waals surface area contributed by atoms with Crippen molar-refractivity contribution in [1.82, 2.24) is 15.0 Å². The van der Waals surface area contributed by atoms with Crippen molar-refractivity contribution < 1.29 is 4.74 Å². The van der Waals surface area contributed by atoms with Gasteiger partial charge in [-0.25, -0.2) is 4.98 Å². The first-order chi connectivity index (χ1) is 9.40. The van der Waals surface area contributed by atoms with Crippen LogP contribution in [0.1, 0.15) is 26.6 Å². The molecule has 0 saturated carbocycles. The van der Waals surface area contributed by atoms with Gasteiger partial charge < -0.3 is 9.30 Å². The summed E-state index contributed by atoms with van der Waals surface area (Å²) in [5.41, 5.74) is 4.80. The van der Waals surface area contributed by atoms with Crippen LogP contribution in [-0.4, -0.2) is 27.8 Å². The largest absolute Gasteiger partial charge is 0.374 e. The Hall–Kier alpha value is -1.43. The predicted octanol–water partition coefficient (Wildman–Crippen LogP) is 1.76. The second kappa shape index (κ2) is 5.91. The van der Waals surface area contributed by atoms with Crippen LogP contribution in [-0.2, 0) is 18.2 Å². The lowest BCUT2D eigenvalue weighted by molar-refractivity contribution is -0.0146. The molecule has 5 heteroatoms. The number of rotatable bonds is 5. The highest BCUT2D eigenvalue weighted by molar-refractivity contribution is 5.75. The van der Waals surface area contributed by atoms with Crippen molar-refractivity contribution in [2.24, 2.45) is 12.9 Å². The number of nitrogens with zero attached hydrogens (tertiary/aromatic N) is 2. The van der Waals surface area contributed by atoms with Crippen LogP contribution in [0, 0.1) is 0 Å². The Kier molecular flexibility index (Phi) is 4.42. The van der Waals surface area contributed by atoms with Crippen molar-refractivity contribution in [2.45, 2.75) is 38.8 Å². The van der Waals surface area contributed by atoms with Gasteiger partial charge in [0.15, 0.2) is 0 Å². The van der Waals surface area contributed by atoms with E-state index in [1.165, 1.54) is 0 Å². The number of ether oxygens (including phenoxy) is 1. The number of para-hydroxylation sites is 2. The van der Waals surface area contributed by atoms with Gasteiger partial charge in [0, 0.05) is 13.5 Å². The fourth-order valence-electron chi connectivity index (χ4n) is 2.11. The molecule has 1 aromatic heterocycles. The average molecular weight is 276 g/mol. The standard InChI is InChI=1S/C15H24N4O/c1-15(2,3)20-10-11(18-16)9-14-17-12-7-5-6-8-13(12)19(14)4/h5-8,11,18H,9-10,16H2,1-4H3. The average Bonchev–Trinajstić information content (AvgIpc) is 2.71. The summed E-state index contributed by atoms with van der Waals surface area (Å²) >= 11 is 0. The lowest BCUT2D eigenvalue weighted by Gasteiger charge is -2.24. The Morgan fingerprint density at radius 2 is 2.05 bits per heavy atom.